The van der Waals surface area contributed by atoms with Crippen LogP contribution >= 0.6 is 22.7 Å². The summed E-state index contributed by atoms with van der Waals surface area (Å²) in [5.41, 5.74) is 2.23. The van der Waals surface area contributed by atoms with Crippen molar-refractivity contribution in [3.8, 4) is 0 Å². The van der Waals surface area contributed by atoms with Crippen molar-refractivity contribution in [2.75, 3.05) is 24.7 Å². The molecule has 0 aliphatic rings. The predicted molar refractivity (Wildman–Crippen MR) is 109 cm³/mol. The van der Waals surface area contributed by atoms with Crippen LogP contribution in [0.25, 0.3) is 0 Å². The molecule has 2 heterocycles. The molecule has 0 unspecified atom stereocenters. The summed E-state index contributed by atoms with van der Waals surface area (Å²) in [5, 5.41) is 8.94. The van der Waals surface area contributed by atoms with E-state index in [1.165, 1.54) is 27.6 Å². The van der Waals surface area contributed by atoms with Crippen molar-refractivity contribution in [1.82, 2.24) is 14.9 Å². The van der Waals surface area contributed by atoms with Crippen molar-refractivity contribution >= 4 is 50.4 Å². The van der Waals surface area contributed by atoms with E-state index in [2.05, 4.69) is 20.6 Å². The number of aromatic nitrogens is 2. The molecule has 0 fully saturated rings. The van der Waals surface area contributed by atoms with Crippen LogP contribution in [0.3, 0.4) is 0 Å². The third-order valence-electron chi connectivity index (χ3n) is 3.56. The molecule has 2 aromatic heterocycles. The van der Waals surface area contributed by atoms with E-state index in [9.17, 15) is 9.59 Å². The summed E-state index contributed by atoms with van der Waals surface area (Å²) in [4.78, 5) is 35.1. The maximum Gasteiger partial charge on any atom is 0.265 e. The number of amides is 2. The molecule has 0 saturated carbocycles. The van der Waals surface area contributed by atoms with Gasteiger partial charge in [-0.15, -0.1) is 11.3 Å². The topological polar surface area (TPSA) is 87.2 Å². The number of carbonyl (C=O) groups is 2. The molecule has 9 heteroatoms. The molecule has 0 spiro atoms. The summed E-state index contributed by atoms with van der Waals surface area (Å²) in [6, 6.07) is 9.72. The molecule has 1 aromatic carbocycles. The maximum absolute atomic E-state index is 12.3. The second kappa shape index (κ2) is 8.28. The number of hydrogen-bond acceptors (Lipinski definition) is 7. The highest BCUT2D eigenvalue weighted by molar-refractivity contribution is 7.17. The molecule has 140 valence electrons. The summed E-state index contributed by atoms with van der Waals surface area (Å²) in [6.07, 6.45) is 0.141. The van der Waals surface area contributed by atoms with Gasteiger partial charge in [0, 0.05) is 25.2 Å². The Morgan fingerprint density at radius 3 is 2.56 bits per heavy atom. The third kappa shape index (κ3) is 4.89. The first-order valence-electron chi connectivity index (χ1n) is 8.18. The van der Waals surface area contributed by atoms with E-state index in [4.69, 9.17) is 0 Å². The average Bonchev–Trinajstić information content (AvgIpc) is 3.21. The minimum Gasteiger partial charge on any atom is -0.344 e. The lowest BCUT2D eigenvalue weighted by Gasteiger charge is -2.07. The zero-order chi connectivity index (χ0) is 19.4. The van der Waals surface area contributed by atoms with Crippen LogP contribution in [0.5, 0.6) is 0 Å². The van der Waals surface area contributed by atoms with Crippen LogP contribution in [0, 0.1) is 6.92 Å². The van der Waals surface area contributed by atoms with Gasteiger partial charge < -0.3 is 15.5 Å². The number of benzene rings is 1. The number of aryl methyl sites for hydroxylation is 1. The van der Waals surface area contributed by atoms with E-state index in [0.717, 1.165) is 10.8 Å². The van der Waals surface area contributed by atoms with Crippen molar-refractivity contribution in [1.29, 1.82) is 0 Å². The fraction of sp³-hybridized carbons (Fsp3) is 0.222. The molecule has 0 atom stereocenters. The van der Waals surface area contributed by atoms with Gasteiger partial charge in [0.2, 0.25) is 5.91 Å². The Morgan fingerprint density at radius 2 is 1.85 bits per heavy atom. The first kappa shape index (κ1) is 19.0. The number of nitrogens with zero attached hydrogens (tertiary/aromatic N) is 3. The molecular weight excluding hydrogens is 382 g/mol. The molecule has 0 aliphatic heterocycles. The molecule has 3 aromatic rings. The Kier molecular flexibility index (Phi) is 5.82. The van der Waals surface area contributed by atoms with E-state index in [-0.39, 0.29) is 18.2 Å². The molecule has 0 aliphatic carbocycles. The lowest BCUT2D eigenvalue weighted by atomic mass is 10.3. The van der Waals surface area contributed by atoms with E-state index in [1.54, 1.807) is 21.0 Å². The van der Waals surface area contributed by atoms with E-state index in [1.807, 2.05) is 35.7 Å². The van der Waals surface area contributed by atoms with E-state index < -0.39 is 0 Å². The zero-order valence-corrected chi connectivity index (χ0v) is 16.8. The average molecular weight is 402 g/mol. The second-order valence-electron chi connectivity index (χ2n) is 5.99. The highest BCUT2D eigenvalue weighted by Crippen LogP contribution is 2.24. The normalized spacial score (nSPS) is 10.5. The molecule has 2 amide bonds. The van der Waals surface area contributed by atoms with Gasteiger partial charge in [-0.2, -0.15) is 0 Å². The first-order chi connectivity index (χ1) is 12.9. The number of hydrogen-bond donors (Lipinski definition) is 2. The van der Waals surface area contributed by atoms with Gasteiger partial charge in [0.15, 0.2) is 10.3 Å². The Hall–Kier alpha value is -2.78. The van der Waals surface area contributed by atoms with Gasteiger partial charge in [0.25, 0.3) is 5.91 Å². The Morgan fingerprint density at radius 1 is 1.11 bits per heavy atom. The highest BCUT2D eigenvalue weighted by atomic mass is 32.1. The number of carbonyl (C=O) groups excluding carboxylic acids is 2. The van der Waals surface area contributed by atoms with Crippen LogP contribution in [0.15, 0.2) is 35.7 Å². The lowest BCUT2D eigenvalue weighted by molar-refractivity contribution is -0.115. The lowest BCUT2D eigenvalue weighted by Crippen LogP contribution is -2.21. The number of para-hydroxylation sites is 1. The molecule has 0 bridgehead atoms. The van der Waals surface area contributed by atoms with Gasteiger partial charge in [-0.05, 0) is 19.1 Å². The Balaban J connectivity index is 1.60. The predicted octanol–water partition coefficient (Wildman–Crippen LogP) is 3.53. The largest absolute Gasteiger partial charge is 0.344 e. The highest BCUT2D eigenvalue weighted by Gasteiger charge is 2.18. The van der Waals surface area contributed by atoms with E-state index in [0.29, 0.717) is 21.4 Å². The molecule has 27 heavy (non-hydrogen) atoms. The molecule has 7 nitrogen and oxygen atoms in total. The fourth-order valence-corrected chi connectivity index (χ4v) is 4.00. The van der Waals surface area contributed by atoms with Gasteiger partial charge in [0.05, 0.1) is 17.8 Å². The van der Waals surface area contributed by atoms with E-state index >= 15 is 0 Å². The summed E-state index contributed by atoms with van der Waals surface area (Å²) in [5.74, 6) is -0.342. The minimum absolute atomic E-state index is 0.123. The fourth-order valence-electron chi connectivity index (χ4n) is 2.27. The summed E-state index contributed by atoms with van der Waals surface area (Å²) >= 11 is 2.62. The second-order valence-corrected chi connectivity index (χ2v) is 7.85. The summed E-state index contributed by atoms with van der Waals surface area (Å²) in [6.45, 7) is 1.75. The molecule has 3 rings (SSSR count). The third-order valence-corrected chi connectivity index (χ3v) is 5.43. The number of nitrogens with one attached hydrogen (secondary N) is 2. The van der Waals surface area contributed by atoms with Gasteiger partial charge in [-0.1, -0.05) is 29.5 Å². The summed E-state index contributed by atoms with van der Waals surface area (Å²) < 4.78 is 0. The van der Waals surface area contributed by atoms with Crippen molar-refractivity contribution in [2.24, 2.45) is 0 Å². The van der Waals surface area contributed by atoms with Crippen LogP contribution in [-0.4, -0.2) is 40.8 Å². The van der Waals surface area contributed by atoms with Crippen molar-refractivity contribution in [2.45, 2.75) is 13.3 Å². The van der Waals surface area contributed by atoms with Crippen molar-refractivity contribution in [3.05, 3.63) is 52.0 Å². The van der Waals surface area contributed by atoms with Crippen LogP contribution < -0.4 is 10.6 Å². The van der Waals surface area contributed by atoms with Gasteiger partial charge in [-0.25, -0.2) is 9.97 Å². The molecular formula is C18H19N5O2S2. The van der Waals surface area contributed by atoms with Crippen molar-refractivity contribution < 1.29 is 9.59 Å². The van der Waals surface area contributed by atoms with Crippen LogP contribution in [0.1, 0.15) is 21.1 Å². The van der Waals surface area contributed by atoms with Gasteiger partial charge >= 0.3 is 0 Å². The minimum atomic E-state index is -0.218. The number of thiazole rings is 2. The van der Waals surface area contributed by atoms with Crippen LogP contribution in [0.4, 0.5) is 16.0 Å². The number of rotatable bonds is 6. The smallest absolute Gasteiger partial charge is 0.265 e. The standard InChI is InChI=1S/C18H19N5O2S2/c1-11-15(16(25)23(2)3)27-18(19-11)22-14(24)9-13-10-26-17(21-13)20-12-7-5-4-6-8-12/h4-8,10H,9H2,1-3H3,(H,20,21)(H,19,22,24). The van der Waals surface area contributed by atoms with Crippen LogP contribution in [0.2, 0.25) is 0 Å². The van der Waals surface area contributed by atoms with Crippen molar-refractivity contribution in [3.63, 3.8) is 0 Å². The molecule has 0 radical (unpaired) electrons. The zero-order valence-electron chi connectivity index (χ0n) is 15.1. The van der Waals surface area contributed by atoms with Gasteiger partial charge in [-0.3, -0.25) is 9.59 Å². The number of anilines is 3. The monoisotopic (exact) mass is 401 g/mol. The first-order valence-corrected chi connectivity index (χ1v) is 9.87. The molecule has 2 N–H and O–H groups in total. The van der Waals surface area contributed by atoms with Gasteiger partial charge in [0.1, 0.15) is 4.88 Å². The molecule has 0 saturated heterocycles. The maximum atomic E-state index is 12.3. The Bertz CT molecular complexity index is 950. The Labute approximate surface area is 165 Å². The quantitative estimate of drug-likeness (QED) is 0.660. The SMILES string of the molecule is Cc1nc(NC(=O)Cc2csc(Nc3ccccc3)n2)sc1C(=O)N(C)C. The van der Waals surface area contributed by atoms with Crippen LogP contribution in [-0.2, 0) is 11.2 Å². The summed E-state index contributed by atoms with van der Waals surface area (Å²) in [7, 11) is 3.37.